The van der Waals surface area contributed by atoms with E-state index in [9.17, 15) is 9.90 Å². The molecule has 1 amide bonds. The van der Waals surface area contributed by atoms with E-state index >= 15 is 0 Å². The lowest BCUT2D eigenvalue weighted by molar-refractivity contribution is 0.0950. The van der Waals surface area contributed by atoms with Crippen molar-refractivity contribution in [3.05, 3.63) is 54.1 Å². The fourth-order valence-electron chi connectivity index (χ4n) is 1.34. The van der Waals surface area contributed by atoms with Crippen LogP contribution in [-0.2, 0) is 6.54 Å². The summed E-state index contributed by atoms with van der Waals surface area (Å²) in [6.45, 7) is 0.330. The summed E-state index contributed by atoms with van der Waals surface area (Å²) in [7, 11) is 0. The Labute approximate surface area is 98.2 Å². The molecule has 0 unspecified atom stereocenters. The van der Waals surface area contributed by atoms with Crippen molar-refractivity contribution in [1.82, 2.24) is 15.3 Å². The lowest BCUT2D eigenvalue weighted by atomic mass is 10.2. The molecule has 0 saturated heterocycles. The quantitative estimate of drug-likeness (QED) is 0.826. The molecule has 0 fully saturated rings. The highest BCUT2D eigenvalue weighted by molar-refractivity contribution is 5.94. The fraction of sp³-hybridized carbons (Fsp3) is 0.0833. The van der Waals surface area contributed by atoms with Gasteiger partial charge in [0.05, 0.1) is 12.2 Å². The Morgan fingerprint density at radius 1 is 1.35 bits per heavy atom. The molecule has 0 aliphatic rings. The first kappa shape index (κ1) is 11.1. The van der Waals surface area contributed by atoms with E-state index in [2.05, 4.69) is 15.3 Å². The summed E-state index contributed by atoms with van der Waals surface area (Å²) in [5.41, 5.74) is 1.15. The van der Waals surface area contributed by atoms with Gasteiger partial charge in [-0.25, -0.2) is 9.97 Å². The van der Waals surface area contributed by atoms with Crippen LogP contribution in [0.2, 0.25) is 0 Å². The Balaban J connectivity index is 1.98. The second-order valence-electron chi connectivity index (χ2n) is 3.43. The summed E-state index contributed by atoms with van der Waals surface area (Å²) in [4.78, 5) is 19.5. The number of hydrogen-bond acceptors (Lipinski definition) is 4. The number of phenols is 1. The topological polar surface area (TPSA) is 75.1 Å². The molecular formula is C12H11N3O2. The van der Waals surface area contributed by atoms with Crippen molar-refractivity contribution in [3.63, 3.8) is 0 Å². The van der Waals surface area contributed by atoms with Crippen LogP contribution in [0.3, 0.4) is 0 Å². The third-order valence-electron chi connectivity index (χ3n) is 2.18. The van der Waals surface area contributed by atoms with Crippen LogP contribution in [0.4, 0.5) is 0 Å². The summed E-state index contributed by atoms with van der Waals surface area (Å²) in [5, 5.41) is 11.9. The second-order valence-corrected chi connectivity index (χ2v) is 3.43. The number of phenolic OH excluding ortho intramolecular Hbond substituents is 1. The number of amides is 1. The lowest BCUT2D eigenvalue weighted by Gasteiger charge is -2.04. The minimum absolute atomic E-state index is 0.0692. The Morgan fingerprint density at radius 3 is 2.94 bits per heavy atom. The fourth-order valence-corrected chi connectivity index (χ4v) is 1.34. The highest BCUT2D eigenvalue weighted by Gasteiger charge is 2.05. The van der Waals surface area contributed by atoms with Crippen LogP contribution < -0.4 is 5.32 Å². The van der Waals surface area contributed by atoms with E-state index in [1.54, 1.807) is 24.4 Å². The van der Waals surface area contributed by atoms with Crippen molar-refractivity contribution in [3.8, 4) is 5.75 Å². The van der Waals surface area contributed by atoms with E-state index in [-0.39, 0.29) is 11.7 Å². The highest BCUT2D eigenvalue weighted by Crippen LogP contribution is 2.10. The number of rotatable bonds is 3. The Morgan fingerprint density at radius 2 is 2.24 bits per heavy atom. The average Bonchev–Trinajstić information content (AvgIpc) is 2.37. The number of carbonyl (C=O) groups excluding carboxylic acids is 1. The van der Waals surface area contributed by atoms with Gasteiger partial charge in [0.25, 0.3) is 5.91 Å². The van der Waals surface area contributed by atoms with Crippen molar-refractivity contribution >= 4 is 5.91 Å². The van der Waals surface area contributed by atoms with E-state index in [4.69, 9.17) is 0 Å². The van der Waals surface area contributed by atoms with E-state index in [1.807, 2.05) is 0 Å². The average molecular weight is 229 g/mol. The molecule has 5 heteroatoms. The van der Waals surface area contributed by atoms with E-state index in [0.717, 1.165) is 5.69 Å². The van der Waals surface area contributed by atoms with Crippen molar-refractivity contribution in [2.75, 3.05) is 0 Å². The molecule has 2 aromatic rings. The Hall–Kier alpha value is -2.43. The number of aromatic nitrogens is 2. The molecule has 0 radical (unpaired) electrons. The van der Waals surface area contributed by atoms with Gasteiger partial charge in [0.1, 0.15) is 12.1 Å². The highest BCUT2D eigenvalue weighted by atomic mass is 16.3. The van der Waals surface area contributed by atoms with Crippen molar-refractivity contribution in [2.24, 2.45) is 0 Å². The molecule has 1 aromatic heterocycles. The van der Waals surface area contributed by atoms with Crippen molar-refractivity contribution in [2.45, 2.75) is 6.54 Å². The summed E-state index contributed by atoms with van der Waals surface area (Å²) in [5.74, 6) is -0.181. The number of aromatic hydroxyl groups is 1. The standard InChI is InChI=1S/C12H11N3O2/c16-11-3-1-2-9(6-11)12(17)14-7-10-4-5-13-8-15-10/h1-6,8,16H,7H2,(H,14,17). The summed E-state index contributed by atoms with van der Waals surface area (Å²) >= 11 is 0. The van der Waals surface area contributed by atoms with Crippen LogP contribution in [-0.4, -0.2) is 21.0 Å². The van der Waals surface area contributed by atoms with Crippen LogP contribution >= 0.6 is 0 Å². The number of hydrogen-bond donors (Lipinski definition) is 2. The molecular weight excluding hydrogens is 218 g/mol. The molecule has 2 rings (SSSR count). The van der Waals surface area contributed by atoms with Crippen molar-refractivity contribution < 1.29 is 9.90 Å². The summed E-state index contributed by atoms with van der Waals surface area (Å²) in [6, 6.07) is 7.91. The molecule has 1 heterocycles. The maximum atomic E-state index is 11.7. The van der Waals surface area contributed by atoms with Gasteiger partial charge in [-0.2, -0.15) is 0 Å². The summed E-state index contributed by atoms with van der Waals surface area (Å²) < 4.78 is 0. The summed E-state index contributed by atoms with van der Waals surface area (Å²) in [6.07, 6.45) is 3.04. The zero-order chi connectivity index (χ0) is 12.1. The van der Waals surface area contributed by atoms with Crippen molar-refractivity contribution in [1.29, 1.82) is 0 Å². The van der Waals surface area contributed by atoms with Gasteiger partial charge >= 0.3 is 0 Å². The van der Waals surface area contributed by atoms with Gasteiger partial charge in [-0.15, -0.1) is 0 Å². The van der Waals surface area contributed by atoms with Gasteiger partial charge in [-0.1, -0.05) is 6.07 Å². The minimum atomic E-state index is -0.250. The molecule has 1 aromatic carbocycles. The van der Waals surface area contributed by atoms with Gasteiger partial charge < -0.3 is 10.4 Å². The van der Waals surface area contributed by atoms with E-state index in [0.29, 0.717) is 12.1 Å². The molecule has 2 N–H and O–H groups in total. The molecule has 0 aliphatic heterocycles. The van der Waals surface area contributed by atoms with Gasteiger partial charge in [0.15, 0.2) is 0 Å². The molecule has 0 spiro atoms. The maximum absolute atomic E-state index is 11.7. The SMILES string of the molecule is O=C(NCc1ccncn1)c1cccc(O)c1. The molecule has 0 bridgehead atoms. The number of carbonyl (C=O) groups is 1. The zero-order valence-electron chi connectivity index (χ0n) is 9.00. The van der Waals surface area contributed by atoms with Gasteiger partial charge in [-0.3, -0.25) is 4.79 Å². The number of nitrogens with zero attached hydrogens (tertiary/aromatic N) is 2. The van der Waals surface area contributed by atoms with Crippen LogP contribution in [0.15, 0.2) is 42.9 Å². The zero-order valence-corrected chi connectivity index (χ0v) is 9.00. The predicted molar refractivity (Wildman–Crippen MR) is 61.3 cm³/mol. The van der Waals surface area contributed by atoms with E-state index < -0.39 is 0 Å². The Bertz CT molecular complexity index is 514. The molecule has 0 saturated carbocycles. The number of nitrogens with one attached hydrogen (secondary N) is 1. The predicted octanol–water partition coefficient (Wildman–Crippen LogP) is 1.11. The monoisotopic (exact) mass is 229 g/mol. The first-order valence-corrected chi connectivity index (χ1v) is 5.08. The number of benzene rings is 1. The van der Waals surface area contributed by atoms with Gasteiger partial charge in [-0.05, 0) is 24.3 Å². The molecule has 0 aliphatic carbocycles. The maximum Gasteiger partial charge on any atom is 0.251 e. The molecule has 0 atom stereocenters. The van der Waals surface area contributed by atoms with Crippen LogP contribution in [0, 0.1) is 0 Å². The van der Waals surface area contributed by atoms with Crippen LogP contribution in [0.25, 0.3) is 0 Å². The second kappa shape index (κ2) is 5.07. The van der Waals surface area contributed by atoms with Crippen LogP contribution in [0.5, 0.6) is 5.75 Å². The Kier molecular flexibility index (Phi) is 3.30. The first-order valence-electron chi connectivity index (χ1n) is 5.08. The first-order chi connectivity index (χ1) is 8.25. The largest absolute Gasteiger partial charge is 0.508 e. The lowest BCUT2D eigenvalue weighted by Crippen LogP contribution is -2.23. The molecule has 17 heavy (non-hydrogen) atoms. The minimum Gasteiger partial charge on any atom is -0.508 e. The third-order valence-corrected chi connectivity index (χ3v) is 2.18. The van der Waals surface area contributed by atoms with Gasteiger partial charge in [0.2, 0.25) is 0 Å². The van der Waals surface area contributed by atoms with Crippen LogP contribution in [0.1, 0.15) is 16.1 Å². The third kappa shape index (κ3) is 3.01. The van der Waals surface area contributed by atoms with Gasteiger partial charge in [0, 0.05) is 11.8 Å². The van der Waals surface area contributed by atoms with E-state index in [1.165, 1.54) is 18.5 Å². The molecule has 86 valence electrons. The normalized spacial score (nSPS) is 9.88. The smallest absolute Gasteiger partial charge is 0.251 e. The molecule has 5 nitrogen and oxygen atoms in total.